The van der Waals surface area contributed by atoms with Gasteiger partial charge in [0.15, 0.2) is 9.84 Å². The van der Waals surface area contributed by atoms with Crippen molar-refractivity contribution in [2.24, 2.45) is 0 Å². The predicted molar refractivity (Wildman–Crippen MR) is 93.1 cm³/mol. The van der Waals surface area contributed by atoms with E-state index in [4.69, 9.17) is 0 Å². The summed E-state index contributed by atoms with van der Waals surface area (Å²) in [6.45, 7) is 1.69. The minimum Gasteiger partial charge on any atom is -0.350 e. The number of aromatic nitrogens is 1. The van der Waals surface area contributed by atoms with E-state index in [1.165, 1.54) is 6.08 Å². The lowest BCUT2D eigenvalue weighted by Crippen LogP contribution is -2.48. The minimum atomic E-state index is -2.84. The monoisotopic (exact) mass is 349 g/mol. The number of hydrogen-bond acceptors (Lipinski definition) is 5. The van der Waals surface area contributed by atoms with Gasteiger partial charge in [-0.1, -0.05) is 6.07 Å². The van der Waals surface area contributed by atoms with E-state index in [0.29, 0.717) is 5.75 Å². The molecular weight excluding hydrogens is 326 g/mol. The number of rotatable bonds is 4. The van der Waals surface area contributed by atoms with Crippen LogP contribution in [-0.2, 0) is 14.6 Å². The highest BCUT2D eigenvalue weighted by molar-refractivity contribution is 7.91. The second-order valence-corrected chi connectivity index (χ2v) is 8.72. The first-order valence-electron chi connectivity index (χ1n) is 8.35. The Balaban J connectivity index is 1.44. The van der Waals surface area contributed by atoms with Crippen molar-refractivity contribution in [3.8, 4) is 0 Å². The maximum absolute atomic E-state index is 12.0. The summed E-state index contributed by atoms with van der Waals surface area (Å²) < 4.78 is 23.2. The van der Waals surface area contributed by atoms with Gasteiger partial charge < -0.3 is 5.32 Å². The van der Waals surface area contributed by atoms with Gasteiger partial charge >= 0.3 is 0 Å². The van der Waals surface area contributed by atoms with Crippen LogP contribution in [0.3, 0.4) is 0 Å². The van der Waals surface area contributed by atoms with E-state index >= 15 is 0 Å². The van der Waals surface area contributed by atoms with Gasteiger partial charge in [-0.2, -0.15) is 0 Å². The van der Waals surface area contributed by atoms with Crippen LogP contribution in [0.15, 0.2) is 30.6 Å². The van der Waals surface area contributed by atoms with E-state index in [1.54, 1.807) is 18.5 Å². The number of carbonyl (C=O) groups excluding carboxylic acids is 1. The van der Waals surface area contributed by atoms with Crippen molar-refractivity contribution < 1.29 is 13.2 Å². The van der Waals surface area contributed by atoms with Crippen LogP contribution >= 0.6 is 0 Å². The molecule has 2 fully saturated rings. The van der Waals surface area contributed by atoms with E-state index in [-0.39, 0.29) is 23.7 Å². The Morgan fingerprint density at radius 2 is 2.08 bits per heavy atom. The summed E-state index contributed by atoms with van der Waals surface area (Å²) in [5, 5.41) is 3.03. The molecular formula is C17H23N3O3S. The quantitative estimate of drug-likeness (QED) is 0.816. The Hall–Kier alpha value is -1.73. The van der Waals surface area contributed by atoms with Gasteiger partial charge in [0.05, 0.1) is 11.5 Å². The predicted octanol–water partition coefficient (Wildman–Crippen LogP) is 0.863. The molecule has 0 bridgehead atoms. The Kier molecular flexibility index (Phi) is 5.30. The normalized spacial score (nSPS) is 25.1. The maximum Gasteiger partial charge on any atom is 0.244 e. The first-order chi connectivity index (χ1) is 11.5. The molecule has 1 amide bonds. The number of amides is 1. The summed E-state index contributed by atoms with van der Waals surface area (Å²) in [6.07, 6.45) is 9.16. The molecule has 1 aromatic heterocycles. The summed E-state index contributed by atoms with van der Waals surface area (Å²) >= 11 is 0. The van der Waals surface area contributed by atoms with Crippen molar-refractivity contribution in [2.75, 3.05) is 24.6 Å². The number of likely N-dealkylation sites (tertiary alicyclic amines) is 1. The van der Waals surface area contributed by atoms with Gasteiger partial charge in [0, 0.05) is 43.6 Å². The van der Waals surface area contributed by atoms with Crippen LogP contribution in [0.2, 0.25) is 0 Å². The van der Waals surface area contributed by atoms with Crippen LogP contribution < -0.4 is 5.32 Å². The number of piperidine rings is 1. The lowest BCUT2D eigenvalue weighted by atomic mass is 10.0. The highest BCUT2D eigenvalue weighted by atomic mass is 32.2. The van der Waals surface area contributed by atoms with Crippen LogP contribution in [0, 0.1) is 0 Å². The van der Waals surface area contributed by atoms with Crippen molar-refractivity contribution in [1.82, 2.24) is 15.2 Å². The zero-order valence-corrected chi connectivity index (χ0v) is 14.4. The third-order valence-electron chi connectivity index (χ3n) is 4.71. The molecule has 0 unspecified atom stereocenters. The van der Waals surface area contributed by atoms with Crippen LogP contribution in [0.25, 0.3) is 6.08 Å². The summed E-state index contributed by atoms with van der Waals surface area (Å²) in [5.74, 6) is 0.506. The topological polar surface area (TPSA) is 79.4 Å². The van der Waals surface area contributed by atoms with Gasteiger partial charge in [0.25, 0.3) is 0 Å². The average molecular weight is 349 g/mol. The summed E-state index contributed by atoms with van der Waals surface area (Å²) in [6, 6.07) is 4.05. The van der Waals surface area contributed by atoms with Crippen LogP contribution in [0.4, 0.5) is 0 Å². The molecule has 24 heavy (non-hydrogen) atoms. The van der Waals surface area contributed by atoms with Crippen molar-refractivity contribution in [3.63, 3.8) is 0 Å². The Labute approximate surface area is 142 Å². The highest BCUT2D eigenvalue weighted by Gasteiger charge is 2.34. The van der Waals surface area contributed by atoms with Gasteiger partial charge in [-0.15, -0.1) is 0 Å². The fourth-order valence-electron chi connectivity index (χ4n) is 3.37. The fraction of sp³-hybridized carbons (Fsp3) is 0.529. The average Bonchev–Trinajstić information content (AvgIpc) is 2.95. The SMILES string of the molecule is O=C(/C=C/c1cccnc1)NC1CCN([C@H]2CCS(=O)(=O)C2)CC1. The molecule has 7 heteroatoms. The molecule has 130 valence electrons. The molecule has 2 aliphatic heterocycles. The molecule has 6 nitrogen and oxygen atoms in total. The van der Waals surface area contributed by atoms with Crippen molar-refractivity contribution in [3.05, 3.63) is 36.2 Å². The Morgan fingerprint density at radius 3 is 2.71 bits per heavy atom. The first-order valence-corrected chi connectivity index (χ1v) is 10.2. The summed E-state index contributed by atoms with van der Waals surface area (Å²) in [7, 11) is -2.84. The van der Waals surface area contributed by atoms with Crippen LogP contribution in [0.1, 0.15) is 24.8 Å². The van der Waals surface area contributed by atoms with E-state index in [9.17, 15) is 13.2 Å². The summed E-state index contributed by atoms with van der Waals surface area (Å²) in [5.41, 5.74) is 0.893. The molecule has 1 N–H and O–H groups in total. The van der Waals surface area contributed by atoms with E-state index in [0.717, 1.165) is 37.9 Å². The molecule has 1 aromatic rings. The molecule has 3 rings (SSSR count). The molecule has 2 aliphatic rings. The minimum absolute atomic E-state index is 0.0965. The van der Waals surface area contributed by atoms with E-state index < -0.39 is 9.84 Å². The molecule has 3 heterocycles. The number of pyridine rings is 1. The highest BCUT2D eigenvalue weighted by Crippen LogP contribution is 2.21. The number of hydrogen-bond donors (Lipinski definition) is 1. The summed E-state index contributed by atoms with van der Waals surface area (Å²) in [4.78, 5) is 18.3. The zero-order chi connectivity index (χ0) is 17.0. The zero-order valence-electron chi connectivity index (χ0n) is 13.6. The second kappa shape index (κ2) is 7.44. The largest absolute Gasteiger partial charge is 0.350 e. The van der Waals surface area contributed by atoms with Gasteiger partial charge in [-0.05, 0) is 37.0 Å². The molecule has 0 aromatic carbocycles. The van der Waals surface area contributed by atoms with Gasteiger partial charge in [0.1, 0.15) is 0 Å². The maximum atomic E-state index is 12.0. The van der Waals surface area contributed by atoms with Crippen molar-refractivity contribution >= 4 is 21.8 Å². The Morgan fingerprint density at radius 1 is 1.29 bits per heavy atom. The lowest BCUT2D eigenvalue weighted by Gasteiger charge is -2.35. The molecule has 0 saturated carbocycles. The molecule has 1 atom stereocenters. The standard InChI is InChI=1S/C17H23N3O3S/c21-17(4-3-14-2-1-8-18-12-14)19-15-5-9-20(10-6-15)16-7-11-24(22,23)13-16/h1-4,8,12,15-16H,5-7,9-11,13H2,(H,19,21)/b4-3+/t16-/m0/s1. The number of nitrogens with zero attached hydrogens (tertiary/aromatic N) is 2. The molecule has 0 spiro atoms. The smallest absolute Gasteiger partial charge is 0.244 e. The fourth-order valence-corrected chi connectivity index (χ4v) is 5.13. The third kappa shape index (κ3) is 4.64. The van der Waals surface area contributed by atoms with Gasteiger partial charge in [-0.25, -0.2) is 8.42 Å². The van der Waals surface area contributed by atoms with E-state index in [2.05, 4.69) is 15.2 Å². The Bertz CT molecular complexity index is 695. The number of nitrogens with one attached hydrogen (secondary N) is 1. The van der Waals surface area contributed by atoms with Crippen LogP contribution in [-0.4, -0.2) is 60.9 Å². The number of sulfone groups is 1. The van der Waals surface area contributed by atoms with Gasteiger partial charge in [-0.3, -0.25) is 14.7 Å². The second-order valence-electron chi connectivity index (χ2n) is 6.50. The molecule has 2 saturated heterocycles. The van der Waals surface area contributed by atoms with Gasteiger partial charge in [0.2, 0.25) is 5.91 Å². The first kappa shape index (κ1) is 17.1. The number of carbonyl (C=O) groups is 1. The van der Waals surface area contributed by atoms with E-state index in [1.807, 2.05) is 12.1 Å². The van der Waals surface area contributed by atoms with Crippen LogP contribution in [0.5, 0.6) is 0 Å². The lowest BCUT2D eigenvalue weighted by molar-refractivity contribution is -0.117. The molecule has 0 aliphatic carbocycles. The van der Waals surface area contributed by atoms with Crippen molar-refractivity contribution in [2.45, 2.75) is 31.3 Å². The molecule has 0 radical (unpaired) electrons. The third-order valence-corrected chi connectivity index (χ3v) is 6.46. The van der Waals surface area contributed by atoms with Crippen molar-refractivity contribution in [1.29, 1.82) is 0 Å².